The van der Waals surface area contributed by atoms with Crippen LogP contribution in [-0.4, -0.2) is 82.4 Å². The molecule has 2 aromatic carbocycles. The van der Waals surface area contributed by atoms with E-state index < -0.39 is 14.0 Å². The second-order valence-corrected chi connectivity index (χ2v) is 13.5. The molecular weight excluding hydrogens is 581 g/mol. The second-order valence-electron chi connectivity index (χ2n) is 10.8. The van der Waals surface area contributed by atoms with Crippen LogP contribution in [0.3, 0.4) is 0 Å². The van der Waals surface area contributed by atoms with E-state index in [2.05, 4.69) is 14.7 Å². The number of benzene rings is 2. The van der Waals surface area contributed by atoms with Gasteiger partial charge in [-0.05, 0) is 30.7 Å². The molecule has 14 heteroatoms. The van der Waals surface area contributed by atoms with Crippen molar-refractivity contribution < 1.29 is 27.4 Å². The van der Waals surface area contributed by atoms with Gasteiger partial charge in [-0.1, -0.05) is 24.3 Å². The van der Waals surface area contributed by atoms with Gasteiger partial charge in [-0.3, -0.25) is 23.5 Å². The Morgan fingerprint density at radius 3 is 2.49 bits per heavy atom. The summed E-state index contributed by atoms with van der Waals surface area (Å²) in [5.74, 6) is 0.374. The molecule has 1 aliphatic heterocycles. The lowest BCUT2D eigenvalue weighted by Crippen LogP contribution is -2.55. The number of hydrogen-bond donors (Lipinski definition) is 0. The number of nitrogens with zero attached hydrogens (tertiary/aromatic N) is 6. The lowest BCUT2D eigenvalue weighted by atomic mass is 10.1. The van der Waals surface area contributed by atoms with Crippen molar-refractivity contribution in [3.63, 3.8) is 0 Å². The zero-order valence-electron chi connectivity index (χ0n) is 24.3. The molecule has 1 amide bonds. The van der Waals surface area contributed by atoms with E-state index in [4.69, 9.17) is 4.52 Å². The summed E-state index contributed by atoms with van der Waals surface area (Å²) in [5.41, 5.74) is 2.44. The van der Waals surface area contributed by atoms with Crippen LogP contribution in [0, 0.1) is 0 Å². The van der Waals surface area contributed by atoms with Gasteiger partial charge in [-0.25, -0.2) is 9.97 Å². The maximum atomic E-state index is 13.0. The summed E-state index contributed by atoms with van der Waals surface area (Å²) < 4.78 is 50.8. The summed E-state index contributed by atoms with van der Waals surface area (Å²) in [4.78, 5) is 38.4. The van der Waals surface area contributed by atoms with E-state index >= 15 is 0 Å². The lowest BCUT2D eigenvalue weighted by molar-refractivity contribution is -0.135. The van der Waals surface area contributed by atoms with Gasteiger partial charge in [0.05, 0.1) is 17.4 Å². The van der Waals surface area contributed by atoms with Gasteiger partial charge < -0.3 is 19.1 Å². The largest absolute Gasteiger partial charge is 0.434 e. The Kier molecular flexibility index (Phi) is 8.66. The third-order valence-electron chi connectivity index (χ3n) is 7.37. The van der Waals surface area contributed by atoms with Crippen molar-refractivity contribution in [3.05, 3.63) is 70.8 Å². The molecule has 0 saturated carbocycles. The number of amides is 1. The molecule has 11 nitrogen and oxygen atoms in total. The minimum Gasteiger partial charge on any atom is -0.434 e. The average Bonchev–Trinajstić information content (AvgIpc) is 3.20. The molecule has 228 valence electrons. The first-order valence-electron chi connectivity index (χ1n) is 13.7. The van der Waals surface area contributed by atoms with Gasteiger partial charge in [0.1, 0.15) is 12.4 Å². The van der Waals surface area contributed by atoms with Gasteiger partial charge in [0, 0.05) is 69.6 Å². The molecule has 1 atom stereocenters. The normalized spacial score (nSPS) is 15.8. The lowest BCUT2D eigenvalue weighted by Gasteiger charge is -2.39. The van der Waals surface area contributed by atoms with Crippen molar-refractivity contribution in [2.24, 2.45) is 7.05 Å². The van der Waals surface area contributed by atoms with Crippen molar-refractivity contribution in [1.82, 2.24) is 24.2 Å². The fourth-order valence-corrected chi connectivity index (χ4v) is 5.61. The van der Waals surface area contributed by atoms with Crippen molar-refractivity contribution in [3.8, 4) is 16.9 Å². The molecule has 1 aliphatic rings. The fraction of sp³-hybridized carbons (Fsp3) is 0.379. The highest BCUT2D eigenvalue weighted by Crippen LogP contribution is 2.37. The second kappa shape index (κ2) is 12.3. The molecule has 5 rings (SSSR count). The van der Waals surface area contributed by atoms with Crippen molar-refractivity contribution >= 4 is 30.1 Å². The number of ether oxygens (including phenoxy) is 1. The third kappa shape index (κ3) is 6.78. The Hall–Kier alpha value is -4.09. The maximum absolute atomic E-state index is 13.0. The summed E-state index contributed by atoms with van der Waals surface area (Å²) in [6.07, 6.45) is 3.41. The number of rotatable bonds is 9. The summed E-state index contributed by atoms with van der Waals surface area (Å²) in [6, 6.07) is 11.8. The predicted octanol–water partition coefficient (Wildman–Crippen LogP) is 4.04. The predicted molar refractivity (Wildman–Crippen MR) is 159 cm³/mol. The Balaban J connectivity index is 1.34. The maximum Gasteiger partial charge on any atom is 0.387 e. The van der Waals surface area contributed by atoms with Crippen LogP contribution in [0.5, 0.6) is 5.75 Å². The Bertz CT molecular complexity index is 1740. The minimum atomic E-state index is -2.96. The van der Waals surface area contributed by atoms with E-state index in [0.29, 0.717) is 42.0 Å². The fourth-order valence-electron chi connectivity index (χ4n) is 5.19. The summed E-state index contributed by atoms with van der Waals surface area (Å²) >= 11 is 0. The molecule has 1 saturated heterocycles. The number of hydrogen-bond acceptors (Lipinski definition) is 8. The standard InChI is InChI=1S/C29H33F2N6O5P/c1-19-16-35(11-12-36(19)26(38)18-41-43(3,4)40)29-32-14-22(15-33-29)20-9-10-23-24(13-20)37(34(2)27(23)39)17-21-7-5-6-8-25(21)42-28(30)31/h5-10,13-15,19,28H,11-12,16-18H2,1-4H3/t19-/m1/s1. The zero-order valence-corrected chi connectivity index (χ0v) is 25.2. The van der Waals surface area contributed by atoms with E-state index in [9.17, 15) is 22.9 Å². The average molecular weight is 615 g/mol. The van der Waals surface area contributed by atoms with E-state index in [1.54, 1.807) is 53.3 Å². The van der Waals surface area contributed by atoms with Crippen LogP contribution >= 0.6 is 7.37 Å². The number of carbonyl (C=O) groups is 1. The minimum absolute atomic E-state index is 0.0486. The number of para-hydroxylation sites is 1. The van der Waals surface area contributed by atoms with Crippen LogP contribution in [-0.2, 0) is 27.5 Å². The monoisotopic (exact) mass is 614 g/mol. The van der Waals surface area contributed by atoms with E-state index in [-0.39, 0.29) is 36.4 Å². The SMILES string of the molecule is C[C@@H]1CN(c2ncc(-c3ccc4c(=O)n(C)n(Cc5ccccc5OC(F)F)c4c3)cn2)CCN1C(=O)COP(C)(C)=O. The van der Waals surface area contributed by atoms with Crippen LogP contribution < -0.4 is 15.2 Å². The number of halogens is 2. The third-order valence-corrected chi connectivity index (χ3v) is 8.12. The van der Waals surface area contributed by atoms with Gasteiger partial charge in [0.2, 0.25) is 11.9 Å². The molecule has 3 heterocycles. The molecule has 0 bridgehead atoms. The van der Waals surface area contributed by atoms with Crippen molar-refractivity contribution in [2.45, 2.75) is 26.1 Å². The highest BCUT2D eigenvalue weighted by atomic mass is 31.2. The molecule has 0 spiro atoms. The van der Waals surface area contributed by atoms with Gasteiger partial charge >= 0.3 is 6.61 Å². The number of fused-ring (bicyclic) bond motifs is 1. The number of aromatic nitrogens is 4. The molecule has 0 N–H and O–H groups in total. The first kappa shape index (κ1) is 30.4. The summed E-state index contributed by atoms with van der Waals surface area (Å²) in [6.45, 7) is 3.38. The highest BCUT2D eigenvalue weighted by Gasteiger charge is 2.29. The van der Waals surface area contributed by atoms with Crippen LogP contribution in [0.2, 0.25) is 0 Å². The van der Waals surface area contributed by atoms with E-state index in [1.165, 1.54) is 24.1 Å². The first-order valence-corrected chi connectivity index (χ1v) is 16.2. The highest BCUT2D eigenvalue weighted by molar-refractivity contribution is 7.57. The topological polar surface area (TPSA) is 112 Å². The Morgan fingerprint density at radius 1 is 1.09 bits per heavy atom. The number of piperazine rings is 1. The van der Waals surface area contributed by atoms with Gasteiger partial charge in [0.15, 0.2) is 7.37 Å². The molecule has 43 heavy (non-hydrogen) atoms. The Labute approximate surface area is 247 Å². The number of carbonyl (C=O) groups excluding carboxylic acids is 1. The van der Waals surface area contributed by atoms with Crippen molar-refractivity contribution in [2.75, 3.05) is 44.5 Å². The van der Waals surface area contributed by atoms with Gasteiger partial charge in [0.25, 0.3) is 5.56 Å². The molecule has 1 fully saturated rings. The van der Waals surface area contributed by atoms with Crippen LogP contribution in [0.4, 0.5) is 14.7 Å². The van der Waals surface area contributed by atoms with E-state index in [0.717, 1.165) is 11.1 Å². The van der Waals surface area contributed by atoms with Gasteiger partial charge in [-0.15, -0.1) is 0 Å². The zero-order chi connectivity index (χ0) is 30.9. The Morgan fingerprint density at radius 2 is 1.81 bits per heavy atom. The van der Waals surface area contributed by atoms with Crippen LogP contribution in [0.15, 0.2) is 59.7 Å². The number of alkyl halides is 2. The smallest absolute Gasteiger partial charge is 0.387 e. The molecule has 0 aliphatic carbocycles. The van der Waals surface area contributed by atoms with Gasteiger partial charge in [-0.2, -0.15) is 8.78 Å². The number of anilines is 1. The van der Waals surface area contributed by atoms with Crippen LogP contribution in [0.25, 0.3) is 22.0 Å². The first-order chi connectivity index (χ1) is 20.4. The van der Waals surface area contributed by atoms with Crippen LogP contribution in [0.1, 0.15) is 12.5 Å². The summed E-state index contributed by atoms with van der Waals surface area (Å²) in [5, 5.41) is 0.489. The summed E-state index contributed by atoms with van der Waals surface area (Å²) in [7, 11) is -1.12. The molecule has 0 unspecified atom stereocenters. The molecular formula is C29H33F2N6O5P. The molecule has 0 radical (unpaired) electrons. The van der Waals surface area contributed by atoms with E-state index in [1.807, 2.05) is 24.0 Å². The molecule has 4 aromatic rings. The van der Waals surface area contributed by atoms with Crippen molar-refractivity contribution in [1.29, 1.82) is 0 Å². The quantitative estimate of drug-likeness (QED) is 0.260. The molecule has 2 aromatic heterocycles.